The van der Waals surface area contributed by atoms with E-state index in [9.17, 15) is 4.79 Å². The first-order valence-corrected chi connectivity index (χ1v) is 8.23. The highest BCUT2D eigenvalue weighted by Crippen LogP contribution is 2.26. The number of hydrogen-bond donors (Lipinski definition) is 1. The Labute approximate surface area is 132 Å². The van der Waals surface area contributed by atoms with E-state index in [0.717, 1.165) is 24.4 Å². The van der Waals surface area contributed by atoms with Crippen LogP contribution in [0, 0.1) is 13.8 Å². The molecule has 1 atom stereocenters. The molecule has 5 nitrogen and oxygen atoms in total. The Hall–Kier alpha value is -1.46. The third kappa shape index (κ3) is 3.47. The Bertz CT molecular complexity index is 520. The van der Waals surface area contributed by atoms with Crippen molar-refractivity contribution in [3.63, 3.8) is 0 Å². The van der Waals surface area contributed by atoms with Gasteiger partial charge in [0, 0.05) is 18.3 Å². The SMILES string of the molecule is Cc1cc(C)nc(NC(=O)C2COCCN2C2CCCC2)c1. The second kappa shape index (κ2) is 6.75. The lowest BCUT2D eigenvalue weighted by Crippen LogP contribution is -2.55. The number of pyridine rings is 1. The summed E-state index contributed by atoms with van der Waals surface area (Å²) in [6.45, 7) is 6.01. The number of ether oxygens (including phenoxy) is 1. The zero-order valence-corrected chi connectivity index (χ0v) is 13.5. The van der Waals surface area contributed by atoms with Crippen molar-refractivity contribution in [3.8, 4) is 0 Å². The maximum absolute atomic E-state index is 12.7. The summed E-state index contributed by atoms with van der Waals surface area (Å²) in [5, 5.41) is 2.98. The number of hydrogen-bond acceptors (Lipinski definition) is 4. The predicted molar refractivity (Wildman–Crippen MR) is 85.9 cm³/mol. The first-order valence-electron chi connectivity index (χ1n) is 8.23. The van der Waals surface area contributed by atoms with Crippen LogP contribution in [0.15, 0.2) is 12.1 Å². The maximum Gasteiger partial charge on any atom is 0.245 e. The number of carbonyl (C=O) groups is 1. The summed E-state index contributed by atoms with van der Waals surface area (Å²) < 4.78 is 5.56. The van der Waals surface area contributed by atoms with E-state index in [2.05, 4.69) is 15.2 Å². The van der Waals surface area contributed by atoms with Crippen LogP contribution in [0.4, 0.5) is 5.82 Å². The fourth-order valence-corrected chi connectivity index (χ4v) is 3.63. The number of nitrogens with one attached hydrogen (secondary N) is 1. The summed E-state index contributed by atoms with van der Waals surface area (Å²) >= 11 is 0. The molecule has 1 saturated carbocycles. The van der Waals surface area contributed by atoms with E-state index in [1.807, 2.05) is 26.0 Å². The number of amides is 1. The van der Waals surface area contributed by atoms with Crippen molar-refractivity contribution < 1.29 is 9.53 Å². The van der Waals surface area contributed by atoms with Crippen LogP contribution in [-0.2, 0) is 9.53 Å². The monoisotopic (exact) mass is 303 g/mol. The van der Waals surface area contributed by atoms with Crippen LogP contribution >= 0.6 is 0 Å². The molecule has 1 amide bonds. The van der Waals surface area contributed by atoms with Gasteiger partial charge >= 0.3 is 0 Å². The molecule has 0 bridgehead atoms. The lowest BCUT2D eigenvalue weighted by molar-refractivity contribution is -0.129. The van der Waals surface area contributed by atoms with Crippen LogP contribution in [0.1, 0.15) is 36.9 Å². The molecule has 1 unspecified atom stereocenters. The molecule has 0 radical (unpaired) electrons. The molecule has 3 rings (SSSR count). The third-order valence-corrected chi connectivity index (χ3v) is 4.62. The van der Waals surface area contributed by atoms with Gasteiger partial charge in [0.15, 0.2) is 0 Å². The van der Waals surface area contributed by atoms with Gasteiger partial charge in [-0.15, -0.1) is 0 Å². The smallest absolute Gasteiger partial charge is 0.245 e. The molecule has 22 heavy (non-hydrogen) atoms. The maximum atomic E-state index is 12.7. The van der Waals surface area contributed by atoms with E-state index >= 15 is 0 Å². The molecular weight excluding hydrogens is 278 g/mol. The van der Waals surface area contributed by atoms with E-state index in [1.54, 1.807) is 0 Å². The van der Waals surface area contributed by atoms with Crippen molar-refractivity contribution in [2.24, 2.45) is 0 Å². The predicted octanol–water partition coefficient (Wildman–Crippen LogP) is 2.28. The van der Waals surface area contributed by atoms with Crippen molar-refractivity contribution >= 4 is 11.7 Å². The minimum Gasteiger partial charge on any atom is -0.378 e. The van der Waals surface area contributed by atoms with E-state index in [4.69, 9.17) is 4.74 Å². The van der Waals surface area contributed by atoms with Gasteiger partial charge in [0.1, 0.15) is 11.9 Å². The molecule has 120 valence electrons. The number of rotatable bonds is 3. The summed E-state index contributed by atoms with van der Waals surface area (Å²) in [6, 6.07) is 4.25. The van der Waals surface area contributed by atoms with Crippen LogP contribution in [-0.4, -0.2) is 47.6 Å². The first-order chi connectivity index (χ1) is 10.6. The second-order valence-corrected chi connectivity index (χ2v) is 6.43. The van der Waals surface area contributed by atoms with E-state index < -0.39 is 0 Å². The van der Waals surface area contributed by atoms with Gasteiger partial charge in [-0.3, -0.25) is 9.69 Å². The van der Waals surface area contributed by atoms with Crippen LogP contribution in [0.3, 0.4) is 0 Å². The average molecular weight is 303 g/mol. The van der Waals surface area contributed by atoms with E-state index in [1.165, 1.54) is 25.7 Å². The molecule has 1 aromatic rings. The van der Waals surface area contributed by atoms with Crippen molar-refractivity contribution in [2.45, 2.75) is 51.6 Å². The third-order valence-electron chi connectivity index (χ3n) is 4.62. The summed E-state index contributed by atoms with van der Waals surface area (Å²) in [5.41, 5.74) is 2.03. The average Bonchev–Trinajstić information content (AvgIpc) is 3.00. The fraction of sp³-hybridized carbons (Fsp3) is 0.647. The van der Waals surface area contributed by atoms with Crippen molar-refractivity contribution in [2.75, 3.05) is 25.1 Å². The zero-order valence-electron chi connectivity index (χ0n) is 13.5. The number of morpholine rings is 1. The van der Waals surface area contributed by atoms with Crippen LogP contribution in [0.2, 0.25) is 0 Å². The van der Waals surface area contributed by atoms with E-state index in [0.29, 0.717) is 18.5 Å². The molecule has 1 N–H and O–H groups in total. The van der Waals surface area contributed by atoms with Crippen LogP contribution < -0.4 is 5.32 Å². The second-order valence-electron chi connectivity index (χ2n) is 6.43. The highest BCUT2D eigenvalue weighted by atomic mass is 16.5. The van der Waals surface area contributed by atoms with Gasteiger partial charge in [-0.25, -0.2) is 4.98 Å². The minimum atomic E-state index is -0.195. The van der Waals surface area contributed by atoms with Crippen LogP contribution in [0.5, 0.6) is 0 Å². The van der Waals surface area contributed by atoms with Crippen LogP contribution in [0.25, 0.3) is 0 Å². The van der Waals surface area contributed by atoms with Crippen molar-refractivity contribution in [1.82, 2.24) is 9.88 Å². The summed E-state index contributed by atoms with van der Waals surface area (Å²) in [5.74, 6) is 0.642. The molecule has 1 aliphatic carbocycles. The highest BCUT2D eigenvalue weighted by molar-refractivity contribution is 5.94. The van der Waals surface area contributed by atoms with Gasteiger partial charge in [0.05, 0.1) is 13.2 Å². The number of carbonyl (C=O) groups excluding carboxylic acids is 1. The van der Waals surface area contributed by atoms with Crippen molar-refractivity contribution in [1.29, 1.82) is 0 Å². The Kier molecular flexibility index (Phi) is 4.74. The Morgan fingerprint density at radius 3 is 2.82 bits per heavy atom. The number of aromatic nitrogens is 1. The Morgan fingerprint density at radius 2 is 2.09 bits per heavy atom. The normalized spacial score (nSPS) is 23.6. The molecule has 0 aromatic carbocycles. The number of aryl methyl sites for hydroxylation is 2. The molecule has 5 heteroatoms. The number of anilines is 1. The summed E-state index contributed by atoms with van der Waals surface area (Å²) in [7, 11) is 0. The Balaban J connectivity index is 1.71. The molecular formula is C17H25N3O2. The standard InChI is InChI=1S/C17H25N3O2/c1-12-9-13(2)18-16(10-12)19-17(21)15-11-22-8-7-20(15)14-5-3-4-6-14/h9-10,14-15H,3-8,11H2,1-2H3,(H,18,19,21). The molecule has 1 aliphatic heterocycles. The molecule has 2 heterocycles. The van der Waals surface area contributed by atoms with Gasteiger partial charge < -0.3 is 10.1 Å². The fourth-order valence-electron chi connectivity index (χ4n) is 3.63. The zero-order chi connectivity index (χ0) is 15.5. The Morgan fingerprint density at radius 1 is 1.32 bits per heavy atom. The summed E-state index contributed by atoms with van der Waals surface area (Å²) in [4.78, 5) is 19.4. The highest BCUT2D eigenvalue weighted by Gasteiger charge is 2.35. The van der Waals surface area contributed by atoms with Gasteiger partial charge in [-0.05, 0) is 44.4 Å². The lowest BCUT2D eigenvalue weighted by atomic mass is 10.1. The molecule has 2 fully saturated rings. The first kappa shape index (κ1) is 15.4. The molecule has 0 spiro atoms. The van der Waals surface area contributed by atoms with E-state index in [-0.39, 0.29) is 11.9 Å². The van der Waals surface area contributed by atoms with Gasteiger partial charge in [-0.2, -0.15) is 0 Å². The molecule has 2 aliphatic rings. The largest absolute Gasteiger partial charge is 0.378 e. The summed E-state index contributed by atoms with van der Waals surface area (Å²) in [6.07, 6.45) is 4.95. The minimum absolute atomic E-state index is 0.00380. The van der Waals surface area contributed by atoms with Gasteiger partial charge in [0.25, 0.3) is 0 Å². The molecule has 1 aromatic heterocycles. The number of nitrogens with zero attached hydrogens (tertiary/aromatic N) is 2. The quantitative estimate of drug-likeness (QED) is 0.931. The van der Waals surface area contributed by atoms with Gasteiger partial charge in [0.2, 0.25) is 5.91 Å². The van der Waals surface area contributed by atoms with Crippen molar-refractivity contribution in [3.05, 3.63) is 23.4 Å². The van der Waals surface area contributed by atoms with Gasteiger partial charge in [-0.1, -0.05) is 12.8 Å². The molecule has 1 saturated heterocycles. The lowest BCUT2D eigenvalue weighted by Gasteiger charge is -2.38. The topological polar surface area (TPSA) is 54.5 Å².